The van der Waals surface area contributed by atoms with Crippen LogP contribution >= 0.6 is 0 Å². The molecule has 0 bridgehead atoms. The third-order valence-electron chi connectivity index (χ3n) is 8.15. The number of pyridine rings is 1. The normalized spacial score (nSPS) is 12.8. The average molecular weight is 527 g/mol. The van der Waals surface area contributed by atoms with E-state index in [-0.39, 0.29) is 6.04 Å². The van der Waals surface area contributed by atoms with Gasteiger partial charge in [0.2, 0.25) is 0 Å². The number of aromatic nitrogens is 1. The van der Waals surface area contributed by atoms with Crippen LogP contribution in [-0.2, 0) is 12.8 Å². The van der Waals surface area contributed by atoms with Gasteiger partial charge in [0, 0.05) is 11.3 Å². The van der Waals surface area contributed by atoms with Gasteiger partial charge in [0.25, 0.3) is 0 Å². The maximum Gasteiger partial charge on any atom is 0.0943 e. The van der Waals surface area contributed by atoms with Crippen molar-refractivity contribution in [3.05, 3.63) is 131 Å². The Labute approximate surface area is 240 Å². The van der Waals surface area contributed by atoms with Crippen LogP contribution in [0.5, 0.6) is 0 Å². The fourth-order valence-corrected chi connectivity index (χ4v) is 5.90. The fraction of sp³-hybridized carbons (Fsp3) is 0.289. The molecule has 0 aliphatic rings. The zero-order chi connectivity index (χ0) is 27.9. The van der Waals surface area contributed by atoms with Crippen molar-refractivity contribution in [2.75, 3.05) is 5.32 Å². The van der Waals surface area contributed by atoms with Crippen LogP contribution in [0.15, 0.2) is 103 Å². The third kappa shape index (κ3) is 5.82. The van der Waals surface area contributed by atoms with Gasteiger partial charge >= 0.3 is 0 Å². The zero-order valence-corrected chi connectivity index (χ0v) is 24.5. The number of aryl methyl sites for hydroxylation is 2. The van der Waals surface area contributed by atoms with Crippen LogP contribution in [0.2, 0.25) is 0 Å². The Morgan fingerprint density at radius 3 is 2.00 bits per heavy atom. The summed E-state index contributed by atoms with van der Waals surface area (Å²) in [5, 5.41) is 6.56. The average Bonchev–Trinajstić information content (AvgIpc) is 3.00. The predicted octanol–water partition coefficient (Wildman–Crippen LogP) is 10.5. The molecular formula is C38H42N2. The molecule has 0 aliphatic heterocycles. The van der Waals surface area contributed by atoms with Gasteiger partial charge in [0.1, 0.15) is 0 Å². The van der Waals surface area contributed by atoms with Crippen LogP contribution in [0.1, 0.15) is 86.9 Å². The van der Waals surface area contributed by atoms with Crippen molar-refractivity contribution in [1.29, 1.82) is 0 Å². The lowest BCUT2D eigenvalue weighted by atomic mass is 9.88. The molecule has 0 radical (unpaired) electrons. The highest BCUT2D eigenvalue weighted by molar-refractivity contribution is 5.95. The minimum atomic E-state index is -0.0614. The Morgan fingerprint density at radius 2 is 1.27 bits per heavy atom. The van der Waals surface area contributed by atoms with Crippen molar-refractivity contribution in [1.82, 2.24) is 4.98 Å². The highest BCUT2D eigenvalue weighted by atomic mass is 15.0. The molecule has 1 heterocycles. The molecule has 204 valence electrons. The summed E-state index contributed by atoms with van der Waals surface area (Å²) in [5.74, 6) is 0.461. The van der Waals surface area contributed by atoms with Gasteiger partial charge in [-0.3, -0.25) is 4.98 Å². The maximum absolute atomic E-state index is 5.38. The molecule has 1 N–H and O–H groups in total. The van der Waals surface area contributed by atoms with Crippen molar-refractivity contribution < 1.29 is 0 Å². The van der Waals surface area contributed by atoms with Gasteiger partial charge in [0.05, 0.1) is 17.4 Å². The van der Waals surface area contributed by atoms with Gasteiger partial charge in [-0.2, -0.15) is 0 Å². The zero-order valence-electron chi connectivity index (χ0n) is 24.5. The molecule has 0 saturated carbocycles. The van der Waals surface area contributed by atoms with Crippen LogP contribution in [0.4, 0.5) is 5.69 Å². The topological polar surface area (TPSA) is 24.9 Å². The van der Waals surface area contributed by atoms with Crippen molar-refractivity contribution in [3.8, 4) is 11.3 Å². The summed E-state index contributed by atoms with van der Waals surface area (Å²) in [7, 11) is 0. The SMILES string of the molecule is CCCc1cccc(CCC)c1NC(c1cccc(-c2cccc3ccccc23)n1)c1ccccc1C(C)CC. The van der Waals surface area contributed by atoms with Crippen molar-refractivity contribution >= 4 is 16.5 Å². The van der Waals surface area contributed by atoms with Crippen LogP contribution in [0.25, 0.3) is 22.0 Å². The van der Waals surface area contributed by atoms with E-state index >= 15 is 0 Å². The molecule has 0 aliphatic carbocycles. The lowest BCUT2D eigenvalue weighted by Crippen LogP contribution is -2.19. The van der Waals surface area contributed by atoms with Crippen molar-refractivity contribution in [2.24, 2.45) is 0 Å². The van der Waals surface area contributed by atoms with Crippen LogP contribution in [0, 0.1) is 0 Å². The standard InChI is InChI=1S/C38H42N2/c1-5-15-29-19-12-20-30(16-6-2)37(29)40-38(34-23-11-10-21-31(34)27(4)7-3)36-26-14-25-35(39-36)33-24-13-18-28-17-8-9-22-32(28)33/h8-14,17-27,38,40H,5-7,15-16H2,1-4H3. The van der Waals surface area contributed by atoms with E-state index in [2.05, 4.69) is 136 Å². The number of fused-ring (bicyclic) bond motifs is 1. The summed E-state index contributed by atoms with van der Waals surface area (Å²) in [5.41, 5.74) is 10.0. The van der Waals surface area contributed by atoms with E-state index in [9.17, 15) is 0 Å². The molecule has 0 saturated heterocycles. The first-order chi connectivity index (χ1) is 19.6. The first kappa shape index (κ1) is 27.6. The molecule has 2 atom stereocenters. The number of nitrogens with zero attached hydrogens (tertiary/aromatic N) is 1. The molecule has 1 aromatic heterocycles. The second-order valence-corrected chi connectivity index (χ2v) is 10.9. The van der Waals surface area contributed by atoms with E-state index in [0.29, 0.717) is 5.92 Å². The van der Waals surface area contributed by atoms with E-state index in [1.54, 1.807) is 0 Å². The lowest BCUT2D eigenvalue weighted by Gasteiger charge is -2.28. The minimum absolute atomic E-state index is 0.0614. The Morgan fingerprint density at radius 1 is 0.650 bits per heavy atom. The van der Waals surface area contributed by atoms with Crippen LogP contribution in [-0.4, -0.2) is 4.98 Å². The number of benzene rings is 4. The van der Waals surface area contributed by atoms with Crippen molar-refractivity contribution in [3.63, 3.8) is 0 Å². The van der Waals surface area contributed by atoms with E-state index in [4.69, 9.17) is 4.98 Å². The summed E-state index contributed by atoms with van der Waals surface area (Å²) in [4.78, 5) is 5.38. The highest BCUT2D eigenvalue weighted by Crippen LogP contribution is 2.37. The summed E-state index contributed by atoms with van der Waals surface area (Å²) in [6.07, 6.45) is 5.45. The van der Waals surface area contributed by atoms with Crippen molar-refractivity contribution in [2.45, 2.75) is 71.8 Å². The largest absolute Gasteiger partial charge is 0.372 e. The lowest BCUT2D eigenvalue weighted by molar-refractivity contribution is 0.712. The molecular weight excluding hydrogens is 484 g/mol. The third-order valence-corrected chi connectivity index (χ3v) is 8.15. The van der Waals surface area contributed by atoms with E-state index in [1.807, 2.05) is 0 Å². The maximum atomic E-state index is 5.38. The Bertz CT molecular complexity index is 1540. The molecule has 2 nitrogen and oxygen atoms in total. The first-order valence-electron chi connectivity index (χ1n) is 15.1. The van der Waals surface area contributed by atoms with Gasteiger partial charge in [0.15, 0.2) is 0 Å². The number of anilines is 1. The van der Waals surface area contributed by atoms with Gasteiger partial charge in [-0.15, -0.1) is 0 Å². The molecule has 5 rings (SSSR count). The smallest absolute Gasteiger partial charge is 0.0943 e. The van der Waals surface area contributed by atoms with Gasteiger partial charge in [-0.1, -0.05) is 132 Å². The minimum Gasteiger partial charge on any atom is -0.372 e. The van der Waals surface area contributed by atoms with E-state index < -0.39 is 0 Å². The number of hydrogen-bond acceptors (Lipinski definition) is 2. The van der Waals surface area contributed by atoms with E-state index in [0.717, 1.165) is 43.5 Å². The molecule has 40 heavy (non-hydrogen) atoms. The molecule has 2 unspecified atom stereocenters. The Balaban J connectivity index is 1.69. The number of rotatable bonds is 11. The van der Waals surface area contributed by atoms with Gasteiger partial charge in [-0.05, 0) is 70.3 Å². The molecule has 5 aromatic rings. The Kier molecular flexibility index (Phi) is 8.96. The molecule has 4 aromatic carbocycles. The van der Waals surface area contributed by atoms with Gasteiger partial charge < -0.3 is 5.32 Å². The van der Waals surface area contributed by atoms with Crippen LogP contribution < -0.4 is 5.32 Å². The summed E-state index contributed by atoms with van der Waals surface area (Å²) in [6.45, 7) is 9.14. The first-order valence-corrected chi connectivity index (χ1v) is 15.1. The summed E-state index contributed by atoms with van der Waals surface area (Å²) in [6, 6.07) is 37.3. The number of para-hydroxylation sites is 1. The quantitative estimate of drug-likeness (QED) is 0.185. The second kappa shape index (κ2) is 13.0. The van der Waals surface area contributed by atoms with Gasteiger partial charge in [-0.25, -0.2) is 0 Å². The molecule has 0 fully saturated rings. The predicted molar refractivity (Wildman–Crippen MR) is 172 cm³/mol. The summed E-state index contributed by atoms with van der Waals surface area (Å²) < 4.78 is 0. The molecule has 2 heteroatoms. The molecule has 0 spiro atoms. The Hall–Kier alpha value is -3.91. The molecule has 0 amide bonds. The van der Waals surface area contributed by atoms with E-state index in [1.165, 1.54) is 44.3 Å². The van der Waals surface area contributed by atoms with Crippen LogP contribution in [0.3, 0.4) is 0 Å². The fourth-order valence-electron chi connectivity index (χ4n) is 5.90. The highest BCUT2D eigenvalue weighted by Gasteiger charge is 2.23. The monoisotopic (exact) mass is 526 g/mol. The second-order valence-electron chi connectivity index (χ2n) is 10.9. The summed E-state index contributed by atoms with van der Waals surface area (Å²) >= 11 is 0. The number of nitrogens with one attached hydrogen (secondary N) is 1. The number of hydrogen-bond donors (Lipinski definition) is 1.